The maximum atomic E-state index is 13.7. The SMILES string of the molecule is CC(C)c1nn(C)cc1CNc1ccc(Br)cc1F. The number of nitrogens with one attached hydrogen (secondary N) is 1. The van der Waals surface area contributed by atoms with Gasteiger partial charge in [-0.15, -0.1) is 0 Å². The summed E-state index contributed by atoms with van der Waals surface area (Å²) in [5.74, 6) is 0.0946. The Bertz CT molecular complexity index is 578. The average molecular weight is 326 g/mol. The van der Waals surface area contributed by atoms with Crippen molar-refractivity contribution < 1.29 is 4.39 Å². The minimum atomic E-state index is -0.260. The molecule has 0 aliphatic carbocycles. The lowest BCUT2D eigenvalue weighted by atomic mass is 10.1. The Hall–Kier alpha value is -1.36. The van der Waals surface area contributed by atoms with E-state index in [0.29, 0.717) is 18.2 Å². The standard InChI is InChI=1S/C14H17BrFN3/c1-9(2)14-10(8-19(3)18-14)7-17-13-5-4-11(15)6-12(13)16/h4-6,8-9,17H,7H2,1-3H3. The van der Waals surface area contributed by atoms with Crippen LogP contribution in [0.2, 0.25) is 0 Å². The number of anilines is 1. The highest BCUT2D eigenvalue weighted by atomic mass is 79.9. The van der Waals surface area contributed by atoms with Crippen molar-refractivity contribution in [2.24, 2.45) is 7.05 Å². The molecule has 5 heteroatoms. The summed E-state index contributed by atoms with van der Waals surface area (Å²) >= 11 is 3.25. The maximum Gasteiger partial charge on any atom is 0.147 e. The van der Waals surface area contributed by atoms with Crippen molar-refractivity contribution in [2.45, 2.75) is 26.3 Å². The number of aromatic nitrogens is 2. The Morgan fingerprint density at radius 2 is 2.16 bits per heavy atom. The number of benzene rings is 1. The van der Waals surface area contributed by atoms with Gasteiger partial charge in [-0.1, -0.05) is 29.8 Å². The van der Waals surface area contributed by atoms with E-state index in [9.17, 15) is 4.39 Å². The summed E-state index contributed by atoms with van der Waals surface area (Å²) in [6.45, 7) is 4.78. The van der Waals surface area contributed by atoms with Crippen molar-refractivity contribution in [1.29, 1.82) is 0 Å². The van der Waals surface area contributed by atoms with Crippen LogP contribution in [0.3, 0.4) is 0 Å². The van der Waals surface area contributed by atoms with E-state index in [1.807, 2.05) is 19.3 Å². The summed E-state index contributed by atoms with van der Waals surface area (Å²) in [5, 5.41) is 7.55. The summed E-state index contributed by atoms with van der Waals surface area (Å²) in [6.07, 6.45) is 1.97. The van der Waals surface area contributed by atoms with Crippen molar-refractivity contribution in [3.05, 3.63) is 45.9 Å². The Morgan fingerprint density at radius 3 is 2.79 bits per heavy atom. The molecule has 2 rings (SSSR count). The van der Waals surface area contributed by atoms with Gasteiger partial charge in [-0.3, -0.25) is 4.68 Å². The van der Waals surface area contributed by atoms with Crippen LogP contribution in [0.1, 0.15) is 31.0 Å². The molecule has 2 aromatic rings. The van der Waals surface area contributed by atoms with Gasteiger partial charge in [0.1, 0.15) is 5.82 Å². The Labute approximate surface area is 121 Å². The van der Waals surface area contributed by atoms with E-state index in [4.69, 9.17) is 0 Å². The molecule has 1 heterocycles. The molecule has 1 N–H and O–H groups in total. The number of halogens is 2. The third-order valence-electron chi connectivity index (χ3n) is 2.88. The molecule has 1 aromatic heterocycles. The van der Waals surface area contributed by atoms with Gasteiger partial charge >= 0.3 is 0 Å². The van der Waals surface area contributed by atoms with E-state index in [2.05, 4.69) is 40.2 Å². The minimum absolute atomic E-state index is 0.260. The first kappa shape index (κ1) is 14.1. The van der Waals surface area contributed by atoms with Crippen molar-refractivity contribution in [2.75, 3.05) is 5.32 Å². The first-order chi connectivity index (χ1) is 8.97. The fraction of sp³-hybridized carbons (Fsp3) is 0.357. The molecule has 0 atom stereocenters. The summed E-state index contributed by atoms with van der Waals surface area (Å²) in [7, 11) is 1.90. The van der Waals surface area contributed by atoms with Gasteiger partial charge in [0, 0.05) is 29.8 Å². The van der Waals surface area contributed by atoms with E-state index in [1.165, 1.54) is 6.07 Å². The fourth-order valence-corrected chi connectivity index (χ4v) is 2.33. The third-order valence-corrected chi connectivity index (χ3v) is 3.38. The second-order valence-electron chi connectivity index (χ2n) is 4.85. The van der Waals surface area contributed by atoms with Gasteiger partial charge in [0.25, 0.3) is 0 Å². The molecule has 0 unspecified atom stereocenters. The summed E-state index contributed by atoms with van der Waals surface area (Å²) in [5.41, 5.74) is 2.65. The first-order valence-electron chi connectivity index (χ1n) is 6.18. The second kappa shape index (κ2) is 5.74. The van der Waals surface area contributed by atoms with Crippen LogP contribution in [0, 0.1) is 5.82 Å². The lowest BCUT2D eigenvalue weighted by Crippen LogP contribution is -2.04. The van der Waals surface area contributed by atoms with Crippen molar-refractivity contribution in [1.82, 2.24) is 9.78 Å². The molecular weight excluding hydrogens is 309 g/mol. The van der Waals surface area contributed by atoms with Gasteiger partial charge < -0.3 is 5.32 Å². The van der Waals surface area contributed by atoms with Gasteiger partial charge in [0.15, 0.2) is 0 Å². The van der Waals surface area contributed by atoms with Crippen LogP contribution in [-0.2, 0) is 13.6 Å². The summed E-state index contributed by atoms with van der Waals surface area (Å²) in [6, 6.07) is 5.00. The summed E-state index contributed by atoms with van der Waals surface area (Å²) < 4.78 is 16.2. The Balaban J connectivity index is 2.14. The zero-order valence-electron chi connectivity index (χ0n) is 11.2. The third kappa shape index (κ3) is 3.35. The molecule has 0 saturated heterocycles. The quantitative estimate of drug-likeness (QED) is 0.918. The van der Waals surface area contributed by atoms with Crippen molar-refractivity contribution in [3.63, 3.8) is 0 Å². The van der Waals surface area contributed by atoms with Gasteiger partial charge in [-0.25, -0.2) is 4.39 Å². The topological polar surface area (TPSA) is 29.9 Å². The lowest BCUT2D eigenvalue weighted by Gasteiger charge is -2.09. The number of aryl methyl sites for hydroxylation is 1. The first-order valence-corrected chi connectivity index (χ1v) is 6.98. The fourth-order valence-electron chi connectivity index (χ4n) is 2.00. The van der Waals surface area contributed by atoms with E-state index in [-0.39, 0.29) is 5.82 Å². The predicted octanol–water partition coefficient (Wildman–Crippen LogP) is 4.06. The van der Waals surface area contributed by atoms with Crippen LogP contribution in [-0.4, -0.2) is 9.78 Å². The highest BCUT2D eigenvalue weighted by molar-refractivity contribution is 9.10. The highest BCUT2D eigenvalue weighted by Gasteiger charge is 2.11. The van der Waals surface area contributed by atoms with Crippen LogP contribution < -0.4 is 5.32 Å². The maximum absolute atomic E-state index is 13.7. The molecule has 0 fully saturated rings. The van der Waals surface area contributed by atoms with E-state index in [1.54, 1.807) is 10.7 Å². The number of hydrogen-bond donors (Lipinski definition) is 1. The van der Waals surface area contributed by atoms with Gasteiger partial charge in [-0.2, -0.15) is 5.10 Å². The monoisotopic (exact) mass is 325 g/mol. The van der Waals surface area contributed by atoms with Crippen LogP contribution in [0.4, 0.5) is 10.1 Å². The van der Waals surface area contributed by atoms with Crippen LogP contribution in [0.15, 0.2) is 28.9 Å². The normalized spacial score (nSPS) is 11.1. The predicted molar refractivity (Wildman–Crippen MR) is 78.7 cm³/mol. The molecule has 0 bridgehead atoms. The molecule has 1 aromatic carbocycles. The van der Waals surface area contributed by atoms with E-state index >= 15 is 0 Å². The molecule has 0 aliphatic heterocycles. The Kier molecular flexibility index (Phi) is 4.24. The molecular formula is C14H17BrFN3. The molecule has 0 amide bonds. The van der Waals surface area contributed by atoms with Gasteiger partial charge in [-0.05, 0) is 24.1 Å². The van der Waals surface area contributed by atoms with E-state index in [0.717, 1.165) is 15.7 Å². The lowest BCUT2D eigenvalue weighted by molar-refractivity contribution is 0.629. The zero-order valence-corrected chi connectivity index (χ0v) is 12.8. The van der Waals surface area contributed by atoms with Crippen LogP contribution >= 0.6 is 15.9 Å². The van der Waals surface area contributed by atoms with E-state index < -0.39 is 0 Å². The Morgan fingerprint density at radius 1 is 1.42 bits per heavy atom. The van der Waals surface area contributed by atoms with Crippen LogP contribution in [0.5, 0.6) is 0 Å². The molecule has 0 aliphatic rings. The molecule has 3 nitrogen and oxygen atoms in total. The molecule has 0 saturated carbocycles. The number of rotatable bonds is 4. The second-order valence-corrected chi connectivity index (χ2v) is 5.76. The van der Waals surface area contributed by atoms with Crippen molar-refractivity contribution in [3.8, 4) is 0 Å². The largest absolute Gasteiger partial charge is 0.378 e. The number of nitrogens with zero attached hydrogens (tertiary/aromatic N) is 2. The van der Waals surface area contributed by atoms with Crippen molar-refractivity contribution >= 4 is 21.6 Å². The molecule has 102 valence electrons. The van der Waals surface area contributed by atoms with Gasteiger partial charge in [0.2, 0.25) is 0 Å². The van der Waals surface area contributed by atoms with Crippen LogP contribution in [0.25, 0.3) is 0 Å². The smallest absolute Gasteiger partial charge is 0.147 e. The highest BCUT2D eigenvalue weighted by Crippen LogP contribution is 2.22. The molecule has 0 spiro atoms. The molecule has 19 heavy (non-hydrogen) atoms. The number of hydrogen-bond acceptors (Lipinski definition) is 2. The molecule has 0 radical (unpaired) electrons. The minimum Gasteiger partial charge on any atom is -0.378 e. The summed E-state index contributed by atoms with van der Waals surface area (Å²) in [4.78, 5) is 0. The zero-order chi connectivity index (χ0) is 14.0. The van der Waals surface area contributed by atoms with Gasteiger partial charge in [0.05, 0.1) is 11.4 Å². The average Bonchev–Trinajstić information content (AvgIpc) is 2.69.